The fourth-order valence-electron chi connectivity index (χ4n) is 3.50. The van der Waals surface area contributed by atoms with Crippen molar-refractivity contribution in [2.75, 3.05) is 12.3 Å². The van der Waals surface area contributed by atoms with Crippen LogP contribution >= 0.6 is 11.3 Å². The van der Waals surface area contributed by atoms with Crippen molar-refractivity contribution in [3.8, 4) is 0 Å². The Hall–Kier alpha value is -4.69. The van der Waals surface area contributed by atoms with Gasteiger partial charge in [0.15, 0.2) is 16.3 Å². The van der Waals surface area contributed by atoms with Crippen molar-refractivity contribution in [1.29, 1.82) is 0 Å². The Balaban J connectivity index is 1.86. The summed E-state index contributed by atoms with van der Waals surface area (Å²) in [6.07, 6.45) is 3.07. The highest BCUT2D eigenvalue weighted by Gasteiger charge is 2.54. The number of H-pyrrole nitrogens is 1. The molecule has 0 saturated carbocycles. The van der Waals surface area contributed by atoms with Crippen molar-refractivity contribution in [2.45, 2.75) is 44.9 Å². The zero-order valence-electron chi connectivity index (χ0n) is 22.3. The monoisotopic (exact) mass is 625 g/mol. The Morgan fingerprint density at radius 3 is 2.57 bits per heavy atom. The number of rotatable bonds is 12. The van der Waals surface area contributed by atoms with Crippen LogP contribution in [0.3, 0.4) is 0 Å². The molecular weight excluding hydrogens is 598 g/mol. The van der Waals surface area contributed by atoms with E-state index < -0.39 is 58.0 Å². The summed E-state index contributed by atoms with van der Waals surface area (Å²) in [5.41, 5.74) is 3.55. The van der Waals surface area contributed by atoms with E-state index in [4.69, 9.17) is 16.4 Å². The van der Waals surface area contributed by atoms with Gasteiger partial charge in [-0.3, -0.25) is 23.9 Å². The number of oxime groups is 1. The van der Waals surface area contributed by atoms with Crippen LogP contribution in [0, 0.1) is 0 Å². The van der Waals surface area contributed by atoms with E-state index in [0.717, 1.165) is 17.6 Å². The molecule has 1 aliphatic heterocycles. The van der Waals surface area contributed by atoms with Crippen molar-refractivity contribution < 1.29 is 37.3 Å². The summed E-state index contributed by atoms with van der Waals surface area (Å²) in [6.45, 7) is 3.66. The van der Waals surface area contributed by atoms with Crippen LogP contribution in [0.2, 0.25) is 0 Å². The third-order valence-corrected chi connectivity index (χ3v) is 7.48. The summed E-state index contributed by atoms with van der Waals surface area (Å²) in [6, 6.07) is -1.70. The second-order valence-electron chi connectivity index (χ2n) is 9.15. The Morgan fingerprint density at radius 1 is 1.36 bits per heavy atom. The minimum Gasteiger partial charge on any atom is -0.478 e. The van der Waals surface area contributed by atoms with E-state index in [-0.39, 0.29) is 32.0 Å². The molecule has 0 aromatic carbocycles. The molecule has 8 N–H and O–H groups in total. The molecule has 20 heteroatoms. The quantitative estimate of drug-likeness (QED) is 0.0516. The van der Waals surface area contributed by atoms with E-state index in [1.54, 1.807) is 6.92 Å². The normalized spacial score (nSPS) is 18.2. The smallest absolute Gasteiger partial charge is 0.362 e. The van der Waals surface area contributed by atoms with Gasteiger partial charge in [0.05, 0.1) is 24.5 Å². The number of carboxylic acids is 1. The van der Waals surface area contributed by atoms with Gasteiger partial charge in [0.25, 0.3) is 11.8 Å². The van der Waals surface area contributed by atoms with Crippen LogP contribution < -0.4 is 22.3 Å². The molecule has 1 saturated heterocycles. The fourth-order valence-corrected chi connectivity index (χ4v) is 4.91. The van der Waals surface area contributed by atoms with Crippen LogP contribution in [-0.4, -0.2) is 92.0 Å². The third kappa shape index (κ3) is 6.95. The number of anilines is 1. The molecule has 2 atom stereocenters. The van der Waals surface area contributed by atoms with Crippen molar-refractivity contribution >= 4 is 62.2 Å². The zero-order valence-corrected chi connectivity index (χ0v) is 24.0. The molecule has 0 bridgehead atoms. The molecule has 0 unspecified atom stereocenters. The number of aromatic amines is 1. The highest BCUT2D eigenvalue weighted by atomic mass is 32.2. The van der Waals surface area contributed by atoms with Crippen molar-refractivity contribution in [3.63, 3.8) is 0 Å². The Kier molecular flexibility index (Phi) is 9.43. The van der Waals surface area contributed by atoms with Gasteiger partial charge < -0.3 is 31.8 Å². The minimum atomic E-state index is -5.05. The number of hydrogen-bond donors (Lipinski definition) is 6. The molecular formula is C22H27N9O9S2. The molecule has 18 nitrogen and oxygen atoms in total. The van der Waals surface area contributed by atoms with Gasteiger partial charge in [-0.25, -0.2) is 14.1 Å². The average molecular weight is 626 g/mol. The number of β-lactam (4-membered cyclic amide) rings is 1. The van der Waals surface area contributed by atoms with Gasteiger partial charge >= 0.3 is 16.3 Å². The second-order valence-corrected chi connectivity index (χ2v) is 11.3. The molecule has 42 heavy (non-hydrogen) atoms. The van der Waals surface area contributed by atoms with Crippen LogP contribution in [0.5, 0.6) is 0 Å². The molecule has 226 valence electrons. The lowest BCUT2D eigenvalue weighted by Gasteiger charge is -2.43. The maximum atomic E-state index is 13.2. The number of hydrazone groups is 1. The summed E-state index contributed by atoms with van der Waals surface area (Å²) in [4.78, 5) is 65.2. The molecule has 0 radical (unpaired) electrons. The lowest BCUT2D eigenvalue weighted by Crippen LogP contribution is -2.73. The summed E-state index contributed by atoms with van der Waals surface area (Å²) in [7, 11) is -5.05. The van der Waals surface area contributed by atoms with Crippen LogP contribution in [-0.2, 0) is 35.9 Å². The lowest BCUT2D eigenvalue weighted by molar-refractivity contribution is -0.161. The standard InChI is InChI=1S/C22H27N9O9S2/c1-4-10-6-26-11(5-15(10)32)12(29-24)7-25-8-14-17(19(34)31(14)42(37,38)39)28-18(33)16(13-9-41-21(23)27-13)30-40-22(2,3)20(35)36/h5-7,9,14,17H,4,8,24H2,1-3H3,(H2,23,27)(H,26,32)(H,28,33)(H,35,36)(H,37,38,39)/b25-7?,29-12?,30-16-/t14-,17+/m1/s1. The SMILES string of the molecule is CCc1c[nH]c(C(C=NC[C@@H]2[C@H](NC(=O)/C(=N\OC(C)(C)C(=O)O)c3csc(N)n3)C(=O)N2S(=O)(=O)O)=NN)cc1=O. The molecule has 2 aromatic heterocycles. The summed E-state index contributed by atoms with van der Waals surface area (Å²) in [5, 5.41) is 20.1. The van der Waals surface area contributed by atoms with Gasteiger partial charge in [-0.1, -0.05) is 12.1 Å². The Bertz CT molecular complexity index is 1640. The number of carbonyl (C=O) groups excluding carboxylic acids is 2. The number of hydrogen-bond acceptors (Lipinski definition) is 14. The van der Waals surface area contributed by atoms with Gasteiger partial charge in [0.2, 0.25) is 5.60 Å². The van der Waals surface area contributed by atoms with Crippen LogP contribution in [0.15, 0.2) is 37.7 Å². The predicted molar refractivity (Wildman–Crippen MR) is 151 cm³/mol. The Labute approximate surface area is 242 Å². The van der Waals surface area contributed by atoms with Gasteiger partial charge in [-0.05, 0) is 20.3 Å². The number of aromatic nitrogens is 2. The van der Waals surface area contributed by atoms with Crippen LogP contribution in [0.1, 0.15) is 37.7 Å². The first-order chi connectivity index (χ1) is 19.6. The molecule has 2 aromatic rings. The number of aliphatic imine (C=N–C) groups is 1. The predicted octanol–water partition coefficient (Wildman–Crippen LogP) is -1.51. The first kappa shape index (κ1) is 31.8. The van der Waals surface area contributed by atoms with E-state index in [1.807, 2.05) is 0 Å². The topological polar surface area (TPSA) is 285 Å². The van der Waals surface area contributed by atoms with Gasteiger partial charge in [-0.2, -0.15) is 13.5 Å². The van der Waals surface area contributed by atoms with Crippen molar-refractivity contribution in [3.05, 3.63) is 44.8 Å². The number of nitrogens with two attached hydrogens (primary N) is 2. The maximum Gasteiger partial charge on any atom is 0.362 e. The number of nitrogens with zero attached hydrogens (tertiary/aromatic N) is 5. The second kappa shape index (κ2) is 12.4. The number of nitrogens with one attached hydrogen (secondary N) is 2. The number of aliphatic carboxylic acids is 1. The van der Waals surface area contributed by atoms with E-state index >= 15 is 0 Å². The lowest BCUT2D eigenvalue weighted by atomic mass is 9.98. The van der Waals surface area contributed by atoms with E-state index in [1.165, 1.54) is 31.5 Å². The largest absolute Gasteiger partial charge is 0.478 e. The molecule has 1 aliphatic rings. The highest BCUT2D eigenvalue weighted by Crippen LogP contribution is 2.24. The van der Waals surface area contributed by atoms with Crippen LogP contribution in [0.4, 0.5) is 5.13 Å². The number of carboxylic acid groups (broad SMARTS) is 1. The maximum absolute atomic E-state index is 13.2. The van der Waals surface area contributed by atoms with Crippen molar-refractivity contribution in [1.82, 2.24) is 19.6 Å². The van der Waals surface area contributed by atoms with Crippen LogP contribution in [0.25, 0.3) is 0 Å². The van der Waals surface area contributed by atoms with E-state index in [2.05, 4.69) is 30.5 Å². The van der Waals surface area contributed by atoms with Crippen molar-refractivity contribution in [2.24, 2.45) is 21.1 Å². The van der Waals surface area contributed by atoms with Gasteiger partial charge in [-0.15, -0.1) is 11.3 Å². The average Bonchev–Trinajstić information content (AvgIpc) is 3.33. The summed E-state index contributed by atoms with van der Waals surface area (Å²) >= 11 is 0.934. The fraction of sp³-hybridized carbons (Fsp3) is 0.364. The van der Waals surface area contributed by atoms with Gasteiger partial charge in [0.1, 0.15) is 17.4 Å². The Morgan fingerprint density at radius 2 is 2.05 bits per heavy atom. The highest BCUT2D eigenvalue weighted by molar-refractivity contribution is 7.84. The molecule has 0 aliphatic carbocycles. The number of pyridine rings is 1. The molecule has 3 rings (SSSR count). The number of carbonyl (C=O) groups is 3. The number of aryl methyl sites for hydroxylation is 1. The molecule has 2 amide bonds. The van der Waals surface area contributed by atoms with E-state index in [9.17, 15) is 37.3 Å². The number of amides is 2. The van der Waals surface area contributed by atoms with E-state index in [0.29, 0.717) is 12.0 Å². The summed E-state index contributed by atoms with van der Waals surface area (Å²) < 4.78 is 33.4. The third-order valence-electron chi connectivity index (χ3n) is 5.86. The number of nitrogen functional groups attached to an aromatic ring is 1. The molecule has 3 heterocycles. The van der Waals surface area contributed by atoms with Gasteiger partial charge in [0, 0.05) is 23.2 Å². The first-order valence-electron chi connectivity index (χ1n) is 11.9. The molecule has 0 spiro atoms. The first-order valence-corrected chi connectivity index (χ1v) is 14.2. The molecule has 1 fully saturated rings. The number of thiazole rings is 1. The minimum absolute atomic E-state index is 0.00753. The zero-order chi connectivity index (χ0) is 31.4. The summed E-state index contributed by atoms with van der Waals surface area (Å²) in [5.74, 6) is 1.72.